The number of fused-ring (bicyclic) bond motifs is 2. The Labute approximate surface area is 256 Å². The van der Waals surface area contributed by atoms with E-state index in [1.807, 2.05) is 0 Å². The van der Waals surface area contributed by atoms with Gasteiger partial charge in [-0.25, -0.2) is 0 Å². The SMILES string of the molecule is COc1nc(Oc2ccc(-n3nc4ccc(Cl)cc4n3)c(O)c2)nc(Oc2ccc(-n3nc4ccc(Cl)cc4n3)c(O)c2)n1. The maximum atomic E-state index is 10.7. The van der Waals surface area contributed by atoms with Gasteiger partial charge in [-0.15, -0.1) is 44.9 Å². The number of benzene rings is 4. The molecule has 7 aromatic rings. The van der Waals surface area contributed by atoms with Crippen molar-refractivity contribution in [3.8, 4) is 52.4 Å². The Kier molecular flexibility index (Phi) is 6.68. The van der Waals surface area contributed by atoms with Crippen LogP contribution in [0.4, 0.5) is 0 Å². The molecule has 0 aliphatic heterocycles. The molecule has 0 amide bonds. The number of ether oxygens (including phenoxy) is 3. The van der Waals surface area contributed by atoms with Gasteiger partial charge in [0, 0.05) is 22.2 Å². The van der Waals surface area contributed by atoms with E-state index in [2.05, 4.69) is 35.3 Å². The summed E-state index contributed by atoms with van der Waals surface area (Å²) in [7, 11) is 1.37. The zero-order valence-corrected chi connectivity index (χ0v) is 23.8. The molecule has 44 heavy (non-hydrogen) atoms. The molecule has 0 aliphatic carbocycles. The summed E-state index contributed by atoms with van der Waals surface area (Å²) in [5, 5.41) is 39.9. The predicted molar refractivity (Wildman–Crippen MR) is 158 cm³/mol. The van der Waals surface area contributed by atoms with Crippen molar-refractivity contribution >= 4 is 45.3 Å². The summed E-state index contributed by atoms with van der Waals surface area (Å²) in [5.74, 6) is 0.0782. The zero-order chi connectivity index (χ0) is 30.4. The number of halogens is 2. The van der Waals surface area contributed by atoms with Crippen LogP contribution in [0.15, 0.2) is 72.8 Å². The van der Waals surface area contributed by atoms with Crippen LogP contribution >= 0.6 is 23.2 Å². The van der Waals surface area contributed by atoms with Gasteiger partial charge >= 0.3 is 18.0 Å². The molecule has 2 N–H and O–H groups in total. The molecule has 0 spiro atoms. The summed E-state index contributed by atoms with van der Waals surface area (Å²) < 4.78 is 16.7. The highest BCUT2D eigenvalue weighted by molar-refractivity contribution is 6.31. The molecule has 3 heterocycles. The second kappa shape index (κ2) is 10.8. The second-order valence-electron chi connectivity index (χ2n) is 9.14. The van der Waals surface area contributed by atoms with Crippen LogP contribution in [0, 0.1) is 0 Å². The molecule has 0 atom stereocenters. The molecular weight excluding hydrogens is 613 g/mol. The summed E-state index contributed by atoms with van der Waals surface area (Å²) in [6, 6.07) is 18.8. The predicted octanol–water partition coefficient (Wildman–Crippen LogP) is 5.65. The monoisotopic (exact) mass is 629 g/mol. The molecule has 3 aromatic heterocycles. The van der Waals surface area contributed by atoms with Crippen molar-refractivity contribution in [3.63, 3.8) is 0 Å². The van der Waals surface area contributed by atoms with Gasteiger partial charge in [0.05, 0.1) is 7.11 Å². The van der Waals surface area contributed by atoms with Crippen LogP contribution in [-0.4, -0.2) is 62.3 Å². The lowest BCUT2D eigenvalue weighted by molar-refractivity contribution is 0.336. The molecule has 0 aliphatic rings. The molecule has 0 bridgehead atoms. The van der Waals surface area contributed by atoms with Crippen molar-refractivity contribution in [2.24, 2.45) is 0 Å². The summed E-state index contributed by atoms with van der Waals surface area (Å²) in [6.45, 7) is 0. The van der Waals surface area contributed by atoms with E-state index in [0.29, 0.717) is 43.5 Å². The lowest BCUT2D eigenvalue weighted by Crippen LogP contribution is -2.02. The highest BCUT2D eigenvalue weighted by Gasteiger charge is 2.16. The summed E-state index contributed by atoms with van der Waals surface area (Å²) in [5.41, 5.74) is 2.99. The lowest BCUT2D eigenvalue weighted by Gasteiger charge is -2.10. The van der Waals surface area contributed by atoms with Crippen LogP contribution in [0.25, 0.3) is 33.4 Å². The number of methoxy groups -OCH3 is 1. The molecule has 0 fully saturated rings. The van der Waals surface area contributed by atoms with Crippen molar-refractivity contribution in [2.45, 2.75) is 0 Å². The maximum absolute atomic E-state index is 10.7. The molecule has 16 heteroatoms. The number of aromatic hydroxyl groups is 2. The van der Waals surface area contributed by atoms with Gasteiger partial charge in [0.15, 0.2) is 0 Å². The Morgan fingerprint density at radius 1 is 0.545 bits per heavy atom. The first-order chi connectivity index (χ1) is 21.3. The number of hydrogen-bond donors (Lipinski definition) is 2. The first-order valence-electron chi connectivity index (χ1n) is 12.7. The largest absolute Gasteiger partial charge is 0.505 e. The number of nitrogens with zero attached hydrogens (tertiary/aromatic N) is 9. The molecule has 218 valence electrons. The average Bonchev–Trinajstić information content (AvgIpc) is 3.60. The molecule has 4 aromatic carbocycles. The first kappa shape index (κ1) is 27.1. The highest BCUT2D eigenvalue weighted by atomic mass is 35.5. The third kappa shape index (κ3) is 5.30. The van der Waals surface area contributed by atoms with E-state index in [9.17, 15) is 10.2 Å². The number of hydrogen-bond acceptors (Lipinski definition) is 12. The van der Waals surface area contributed by atoms with Crippen molar-refractivity contribution in [2.75, 3.05) is 7.11 Å². The van der Waals surface area contributed by atoms with Gasteiger partial charge in [-0.1, -0.05) is 23.2 Å². The fourth-order valence-corrected chi connectivity index (χ4v) is 4.51. The Morgan fingerprint density at radius 3 is 1.41 bits per heavy atom. The summed E-state index contributed by atoms with van der Waals surface area (Å²) >= 11 is 12.1. The molecule has 0 unspecified atom stereocenters. The second-order valence-corrected chi connectivity index (χ2v) is 10.0. The van der Waals surface area contributed by atoms with Crippen molar-refractivity contribution in [1.82, 2.24) is 44.9 Å². The molecular formula is C28H17Cl2N9O5. The van der Waals surface area contributed by atoms with Crippen LogP contribution < -0.4 is 14.2 Å². The highest BCUT2D eigenvalue weighted by Crippen LogP contribution is 2.32. The smallest absolute Gasteiger partial charge is 0.331 e. The van der Waals surface area contributed by atoms with E-state index in [1.54, 1.807) is 60.7 Å². The van der Waals surface area contributed by atoms with Crippen LogP contribution in [0.1, 0.15) is 0 Å². The van der Waals surface area contributed by atoms with E-state index >= 15 is 0 Å². The van der Waals surface area contributed by atoms with E-state index in [1.165, 1.54) is 28.8 Å². The van der Waals surface area contributed by atoms with E-state index < -0.39 is 0 Å². The number of phenols is 2. The Balaban J connectivity index is 1.11. The van der Waals surface area contributed by atoms with Gasteiger partial charge in [0.25, 0.3) is 0 Å². The molecule has 0 saturated heterocycles. The van der Waals surface area contributed by atoms with E-state index in [4.69, 9.17) is 37.4 Å². The standard InChI is InChI=1S/C28H17Cl2N9O5/c1-42-26-31-27(43-16-4-8-22(24(40)12-16)38-34-18-6-2-14(29)10-20(18)36-38)33-28(32-26)44-17-5-9-23(25(41)13-17)39-35-19-7-3-15(30)11-21(19)37-39/h2-13,40-41H,1H3. The van der Waals surface area contributed by atoms with Crippen LogP contribution in [0.5, 0.6) is 41.0 Å². The third-order valence-corrected chi connectivity index (χ3v) is 6.65. The normalized spacial score (nSPS) is 11.2. The maximum Gasteiger partial charge on any atom is 0.331 e. The van der Waals surface area contributed by atoms with Gasteiger partial charge in [-0.3, -0.25) is 0 Å². The topological polar surface area (TPSA) is 168 Å². The average molecular weight is 630 g/mol. The molecule has 14 nitrogen and oxygen atoms in total. The van der Waals surface area contributed by atoms with E-state index in [0.717, 1.165) is 0 Å². The van der Waals surface area contributed by atoms with Gasteiger partial charge in [-0.2, -0.15) is 0 Å². The molecule has 0 saturated carbocycles. The minimum Gasteiger partial charge on any atom is -0.505 e. The van der Waals surface area contributed by atoms with Crippen LogP contribution in [0.3, 0.4) is 0 Å². The Hall–Kier alpha value is -5.73. The van der Waals surface area contributed by atoms with Crippen molar-refractivity contribution < 1.29 is 24.4 Å². The van der Waals surface area contributed by atoms with Crippen molar-refractivity contribution in [1.29, 1.82) is 0 Å². The molecule has 0 radical (unpaired) electrons. The lowest BCUT2D eigenvalue weighted by atomic mass is 10.3. The summed E-state index contributed by atoms with van der Waals surface area (Å²) in [6.07, 6.45) is 0. The minimum atomic E-state index is -0.177. The quantitative estimate of drug-likeness (QED) is 0.222. The third-order valence-electron chi connectivity index (χ3n) is 6.18. The van der Waals surface area contributed by atoms with E-state index in [-0.39, 0.29) is 41.0 Å². The van der Waals surface area contributed by atoms with Crippen LogP contribution in [0.2, 0.25) is 10.0 Å². The first-order valence-corrected chi connectivity index (χ1v) is 13.4. The fourth-order valence-electron chi connectivity index (χ4n) is 4.18. The number of rotatable bonds is 7. The Morgan fingerprint density at radius 2 is 0.977 bits per heavy atom. The van der Waals surface area contributed by atoms with Gasteiger partial charge in [0.1, 0.15) is 56.4 Å². The minimum absolute atomic E-state index is 0.0936. The number of aromatic nitrogens is 9. The van der Waals surface area contributed by atoms with Gasteiger partial charge in [-0.05, 0) is 60.7 Å². The summed E-state index contributed by atoms with van der Waals surface area (Å²) in [4.78, 5) is 14.9. The fraction of sp³-hybridized carbons (Fsp3) is 0.0357. The molecule has 7 rings (SSSR count). The van der Waals surface area contributed by atoms with Gasteiger partial charge in [0.2, 0.25) is 0 Å². The number of phenolic OH excluding ortho intramolecular Hbond substituents is 2. The zero-order valence-electron chi connectivity index (χ0n) is 22.3. The van der Waals surface area contributed by atoms with Crippen LogP contribution in [-0.2, 0) is 0 Å². The van der Waals surface area contributed by atoms with Crippen molar-refractivity contribution in [3.05, 3.63) is 82.8 Å². The Bertz CT molecular complexity index is 2060. The van der Waals surface area contributed by atoms with Gasteiger partial charge < -0.3 is 24.4 Å².